The second-order valence-corrected chi connectivity index (χ2v) is 7.79. The summed E-state index contributed by atoms with van der Waals surface area (Å²) in [6.07, 6.45) is 1.68. The molecule has 2 aliphatic heterocycles. The standard InChI is InChI=1S/C16H20BrNO3/c1-15(2,3)21-14(19)18-9-16(10-18)7-6-11-4-5-12(17)8-13(11)20-16/h4-5,8H,6-7,9-10H2,1-3H3. The number of hydrogen-bond donors (Lipinski definition) is 0. The number of rotatable bonds is 0. The maximum absolute atomic E-state index is 12.0. The Morgan fingerprint density at radius 3 is 2.76 bits per heavy atom. The Morgan fingerprint density at radius 1 is 1.38 bits per heavy atom. The molecule has 1 aromatic carbocycles. The lowest BCUT2D eigenvalue weighted by Crippen LogP contribution is -2.67. The van der Waals surface area contributed by atoms with E-state index in [4.69, 9.17) is 9.47 Å². The van der Waals surface area contributed by atoms with Gasteiger partial charge in [0.2, 0.25) is 0 Å². The van der Waals surface area contributed by atoms with Gasteiger partial charge in [-0.15, -0.1) is 0 Å². The molecule has 2 aliphatic rings. The normalized spacial score (nSPS) is 19.5. The van der Waals surface area contributed by atoms with Gasteiger partial charge < -0.3 is 14.4 Å². The molecular weight excluding hydrogens is 334 g/mol. The second-order valence-electron chi connectivity index (χ2n) is 6.87. The van der Waals surface area contributed by atoms with Crippen molar-refractivity contribution in [2.24, 2.45) is 0 Å². The van der Waals surface area contributed by atoms with Gasteiger partial charge in [-0.05, 0) is 51.3 Å². The van der Waals surface area contributed by atoms with Crippen LogP contribution in [0.3, 0.4) is 0 Å². The zero-order chi connectivity index (χ0) is 15.3. The zero-order valence-electron chi connectivity index (χ0n) is 12.6. The average molecular weight is 354 g/mol. The number of carbonyl (C=O) groups excluding carboxylic acids is 1. The zero-order valence-corrected chi connectivity index (χ0v) is 14.2. The summed E-state index contributed by atoms with van der Waals surface area (Å²) >= 11 is 3.47. The van der Waals surface area contributed by atoms with Gasteiger partial charge in [0, 0.05) is 4.47 Å². The average Bonchev–Trinajstić information content (AvgIpc) is 2.32. The van der Waals surface area contributed by atoms with Crippen LogP contribution in [0.25, 0.3) is 0 Å². The Morgan fingerprint density at radius 2 is 2.10 bits per heavy atom. The van der Waals surface area contributed by atoms with E-state index in [9.17, 15) is 4.79 Å². The first-order valence-electron chi connectivity index (χ1n) is 7.22. The second kappa shape index (κ2) is 4.90. The molecule has 0 aromatic heterocycles. The Hall–Kier alpha value is -1.23. The van der Waals surface area contributed by atoms with Gasteiger partial charge in [0.25, 0.3) is 0 Å². The quantitative estimate of drug-likeness (QED) is 0.712. The highest BCUT2D eigenvalue weighted by molar-refractivity contribution is 9.10. The summed E-state index contributed by atoms with van der Waals surface area (Å²) in [6.45, 7) is 6.85. The third-order valence-electron chi connectivity index (χ3n) is 3.82. The van der Waals surface area contributed by atoms with Crippen LogP contribution in [-0.4, -0.2) is 35.3 Å². The molecule has 1 aromatic rings. The fourth-order valence-corrected chi connectivity index (χ4v) is 3.14. The monoisotopic (exact) mass is 353 g/mol. The molecule has 0 N–H and O–H groups in total. The molecule has 114 valence electrons. The minimum absolute atomic E-state index is 0.231. The molecule has 4 nitrogen and oxygen atoms in total. The molecule has 0 radical (unpaired) electrons. The summed E-state index contributed by atoms with van der Waals surface area (Å²) in [6, 6.07) is 6.14. The summed E-state index contributed by atoms with van der Waals surface area (Å²) in [5, 5.41) is 0. The van der Waals surface area contributed by atoms with Crippen LogP contribution < -0.4 is 4.74 Å². The minimum Gasteiger partial charge on any atom is -0.483 e. The highest BCUT2D eigenvalue weighted by Crippen LogP contribution is 2.40. The number of amides is 1. The van der Waals surface area contributed by atoms with Gasteiger partial charge >= 0.3 is 6.09 Å². The lowest BCUT2D eigenvalue weighted by atomic mass is 9.85. The van der Waals surface area contributed by atoms with Crippen molar-refractivity contribution in [2.75, 3.05) is 13.1 Å². The molecule has 21 heavy (non-hydrogen) atoms. The maximum Gasteiger partial charge on any atom is 0.410 e. The van der Waals surface area contributed by atoms with Crippen LogP contribution in [-0.2, 0) is 11.2 Å². The SMILES string of the molecule is CC(C)(C)OC(=O)N1CC2(CCc3ccc(Br)cc3O2)C1. The number of aryl methyl sites for hydroxylation is 1. The van der Waals surface area contributed by atoms with E-state index < -0.39 is 5.60 Å². The third kappa shape index (κ3) is 3.03. The van der Waals surface area contributed by atoms with Gasteiger partial charge in [-0.3, -0.25) is 0 Å². The lowest BCUT2D eigenvalue weighted by Gasteiger charge is -2.51. The largest absolute Gasteiger partial charge is 0.483 e. The summed E-state index contributed by atoms with van der Waals surface area (Å²) in [5.74, 6) is 0.930. The van der Waals surface area contributed by atoms with Crippen molar-refractivity contribution >= 4 is 22.0 Å². The predicted octanol–water partition coefficient (Wildman–Crippen LogP) is 3.76. The van der Waals surface area contributed by atoms with E-state index in [-0.39, 0.29) is 11.7 Å². The Balaban J connectivity index is 1.64. The molecule has 5 heteroatoms. The molecule has 1 fully saturated rings. The predicted molar refractivity (Wildman–Crippen MR) is 83.6 cm³/mol. The van der Waals surface area contributed by atoms with Gasteiger partial charge in [0.1, 0.15) is 17.0 Å². The maximum atomic E-state index is 12.0. The molecule has 0 atom stereocenters. The number of nitrogens with zero attached hydrogens (tertiary/aromatic N) is 1. The van der Waals surface area contributed by atoms with Crippen LogP contribution in [0.2, 0.25) is 0 Å². The van der Waals surface area contributed by atoms with E-state index in [0.717, 1.165) is 23.1 Å². The third-order valence-corrected chi connectivity index (χ3v) is 4.31. The van der Waals surface area contributed by atoms with Gasteiger partial charge in [-0.25, -0.2) is 4.79 Å². The van der Waals surface area contributed by atoms with Crippen molar-refractivity contribution in [3.8, 4) is 5.75 Å². The van der Waals surface area contributed by atoms with Crippen LogP contribution >= 0.6 is 15.9 Å². The van der Waals surface area contributed by atoms with Crippen molar-refractivity contribution in [1.82, 2.24) is 4.90 Å². The topological polar surface area (TPSA) is 38.8 Å². The number of carbonyl (C=O) groups is 1. The Kier molecular flexibility index (Phi) is 3.43. The van der Waals surface area contributed by atoms with E-state index in [0.29, 0.717) is 13.1 Å². The number of ether oxygens (including phenoxy) is 2. The van der Waals surface area contributed by atoms with Crippen LogP contribution in [0.1, 0.15) is 32.8 Å². The van der Waals surface area contributed by atoms with E-state index in [1.54, 1.807) is 4.90 Å². The molecule has 0 bridgehead atoms. The number of hydrogen-bond acceptors (Lipinski definition) is 3. The van der Waals surface area contributed by atoms with E-state index in [1.807, 2.05) is 32.9 Å². The summed E-state index contributed by atoms with van der Waals surface area (Å²) in [4.78, 5) is 13.7. The van der Waals surface area contributed by atoms with E-state index in [1.165, 1.54) is 5.56 Å². The molecular formula is C16H20BrNO3. The summed E-state index contributed by atoms with van der Waals surface area (Å²) in [5.41, 5.74) is 0.551. The van der Waals surface area contributed by atoms with Crippen molar-refractivity contribution in [2.45, 2.75) is 44.8 Å². The van der Waals surface area contributed by atoms with E-state index in [2.05, 4.69) is 22.0 Å². The van der Waals surface area contributed by atoms with Crippen LogP contribution in [0.4, 0.5) is 4.79 Å². The molecule has 1 spiro atoms. The highest BCUT2D eigenvalue weighted by Gasteiger charge is 2.50. The van der Waals surface area contributed by atoms with Crippen molar-refractivity contribution in [3.63, 3.8) is 0 Å². The highest BCUT2D eigenvalue weighted by atomic mass is 79.9. The first-order valence-corrected chi connectivity index (χ1v) is 8.01. The Bertz CT molecular complexity index is 573. The summed E-state index contributed by atoms with van der Waals surface area (Å²) in [7, 11) is 0. The smallest absolute Gasteiger partial charge is 0.410 e. The number of halogens is 1. The minimum atomic E-state index is -0.454. The fraction of sp³-hybridized carbons (Fsp3) is 0.562. The number of likely N-dealkylation sites (tertiary alicyclic amines) is 1. The molecule has 1 amide bonds. The molecule has 0 unspecified atom stereocenters. The molecule has 0 aliphatic carbocycles. The first-order chi connectivity index (χ1) is 9.76. The molecule has 3 rings (SSSR count). The fourth-order valence-electron chi connectivity index (χ4n) is 2.80. The van der Waals surface area contributed by atoms with Crippen molar-refractivity contribution < 1.29 is 14.3 Å². The molecule has 0 saturated carbocycles. The van der Waals surface area contributed by atoms with Crippen LogP contribution in [0.15, 0.2) is 22.7 Å². The van der Waals surface area contributed by atoms with Crippen LogP contribution in [0, 0.1) is 0 Å². The van der Waals surface area contributed by atoms with Gasteiger partial charge in [-0.2, -0.15) is 0 Å². The Labute approximate surface area is 133 Å². The van der Waals surface area contributed by atoms with Gasteiger partial charge in [-0.1, -0.05) is 22.0 Å². The van der Waals surface area contributed by atoms with Gasteiger partial charge in [0.15, 0.2) is 0 Å². The van der Waals surface area contributed by atoms with Crippen molar-refractivity contribution in [3.05, 3.63) is 28.2 Å². The number of benzene rings is 1. The molecule has 2 heterocycles. The number of fused-ring (bicyclic) bond motifs is 1. The van der Waals surface area contributed by atoms with E-state index >= 15 is 0 Å². The summed E-state index contributed by atoms with van der Waals surface area (Å²) < 4.78 is 12.6. The van der Waals surface area contributed by atoms with Crippen molar-refractivity contribution in [1.29, 1.82) is 0 Å². The first kappa shape index (κ1) is 14.7. The lowest BCUT2D eigenvalue weighted by molar-refractivity contribution is -0.0913. The molecule has 1 saturated heterocycles. The van der Waals surface area contributed by atoms with Crippen LogP contribution in [0.5, 0.6) is 5.75 Å². The van der Waals surface area contributed by atoms with Gasteiger partial charge in [0.05, 0.1) is 13.1 Å².